The Balaban J connectivity index is 1.75. The zero-order valence-electron chi connectivity index (χ0n) is 10.1. The molecule has 1 aliphatic heterocycles. The monoisotopic (exact) mass is 244 g/mol. The number of rotatable bonds is 3. The van der Waals surface area contributed by atoms with Crippen molar-refractivity contribution in [2.75, 3.05) is 13.2 Å². The zero-order chi connectivity index (χ0) is 12.4. The van der Waals surface area contributed by atoms with Crippen molar-refractivity contribution in [1.82, 2.24) is 0 Å². The van der Waals surface area contributed by atoms with Gasteiger partial charge in [-0.25, -0.2) is 0 Å². The van der Waals surface area contributed by atoms with Crippen LogP contribution in [0.1, 0.15) is 12.8 Å². The molecule has 0 aliphatic carbocycles. The maximum absolute atomic E-state index is 9.46. The van der Waals surface area contributed by atoms with Crippen molar-refractivity contribution >= 4 is 10.8 Å². The molecule has 0 aromatic heterocycles. The minimum atomic E-state index is 0.227. The fraction of sp³-hybridized carbons (Fsp3) is 0.333. The molecule has 1 heterocycles. The van der Waals surface area contributed by atoms with Gasteiger partial charge in [-0.1, -0.05) is 12.1 Å². The molecule has 0 amide bonds. The molecule has 2 aromatic carbocycles. The predicted molar refractivity (Wildman–Crippen MR) is 70.1 cm³/mol. The number of fused-ring (bicyclic) bond motifs is 1. The van der Waals surface area contributed by atoms with E-state index in [4.69, 9.17) is 9.47 Å². The van der Waals surface area contributed by atoms with Crippen molar-refractivity contribution in [3.05, 3.63) is 36.4 Å². The summed E-state index contributed by atoms with van der Waals surface area (Å²) < 4.78 is 11.2. The van der Waals surface area contributed by atoms with Crippen LogP contribution in [0.4, 0.5) is 0 Å². The van der Waals surface area contributed by atoms with Gasteiger partial charge in [-0.05, 0) is 47.9 Å². The number of aromatic hydroxyl groups is 1. The van der Waals surface area contributed by atoms with Crippen LogP contribution >= 0.6 is 0 Å². The average molecular weight is 244 g/mol. The molecule has 0 bridgehead atoms. The van der Waals surface area contributed by atoms with Gasteiger partial charge < -0.3 is 14.6 Å². The molecular formula is C15H16O3. The zero-order valence-corrected chi connectivity index (χ0v) is 10.1. The van der Waals surface area contributed by atoms with E-state index < -0.39 is 0 Å². The quantitative estimate of drug-likeness (QED) is 0.901. The van der Waals surface area contributed by atoms with Gasteiger partial charge in [0.1, 0.15) is 18.1 Å². The first-order valence-corrected chi connectivity index (χ1v) is 6.28. The van der Waals surface area contributed by atoms with Crippen molar-refractivity contribution in [1.29, 1.82) is 0 Å². The fourth-order valence-electron chi connectivity index (χ4n) is 2.27. The predicted octanol–water partition coefficient (Wildman–Crippen LogP) is 3.10. The van der Waals surface area contributed by atoms with Crippen LogP contribution in [0.2, 0.25) is 0 Å². The second-order valence-electron chi connectivity index (χ2n) is 4.64. The molecule has 1 saturated heterocycles. The summed E-state index contributed by atoms with van der Waals surface area (Å²) in [7, 11) is 0. The molecule has 3 rings (SSSR count). The smallest absolute Gasteiger partial charge is 0.120 e. The van der Waals surface area contributed by atoms with Crippen LogP contribution < -0.4 is 4.74 Å². The molecule has 0 saturated carbocycles. The minimum absolute atomic E-state index is 0.227. The van der Waals surface area contributed by atoms with Gasteiger partial charge in [-0.3, -0.25) is 0 Å². The number of phenols is 1. The lowest BCUT2D eigenvalue weighted by Crippen LogP contribution is -2.16. The molecule has 2 aromatic rings. The van der Waals surface area contributed by atoms with E-state index in [-0.39, 0.29) is 11.9 Å². The number of benzene rings is 2. The Morgan fingerprint density at radius 1 is 1.17 bits per heavy atom. The Morgan fingerprint density at radius 2 is 2.06 bits per heavy atom. The molecule has 1 unspecified atom stereocenters. The largest absolute Gasteiger partial charge is 0.508 e. The third-order valence-electron chi connectivity index (χ3n) is 3.26. The third-order valence-corrected chi connectivity index (χ3v) is 3.26. The van der Waals surface area contributed by atoms with Crippen LogP contribution in [0, 0.1) is 0 Å². The van der Waals surface area contributed by atoms with E-state index in [2.05, 4.69) is 0 Å². The van der Waals surface area contributed by atoms with Gasteiger partial charge in [0.25, 0.3) is 0 Å². The summed E-state index contributed by atoms with van der Waals surface area (Å²) in [6.07, 6.45) is 2.43. The third kappa shape index (κ3) is 2.41. The van der Waals surface area contributed by atoms with Crippen molar-refractivity contribution in [3.63, 3.8) is 0 Å². The average Bonchev–Trinajstić information content (AvgIpc) is 2.89. The highest BCUT2D eigenvalue weighted by molar-refractivity contribution is 5.85. The Kier molecular flexibility index (Phi) is 3.07. The molecule has 18 heavy (non-hydrogen) atoms. The minimum Gasteiger partial charge on any atom is -0.508 e. The molecule has 3 heteroatoms. The highest BCUT2D eigenvalue weighted by Gasteiger charge is 2.15. The van der Waals surface area contributed by atoms with Crippen molar-refractivity contribution in [2.24, 2.45) is 0 Å². The Hall–Kier alpha value is -1.74. The number of ether oxygens (including phenoxy) is 2. The fourth-order valence-corrected chi connectivity index (χ4v) is 2.27. The van der Waals surface area contributed by atoms with Gasteiger partial charge in [-0.15, -0.1) is 0 Å². The van der Waals surface area contributed by atoms with E-state index in [0.717, 1.165) is 36.0 Å². The molecule has 3 nitrogen and oxygen atoms in total. The maximum atomic E-state index is 9.46. The molecule has 0 radical (unpaired) electrons. The van der Waals surface area contributed by atoms with Crippen LogP contribution in [0.3, 0.4) is 0 Å². The van der Waals surface area contributed by atoms with Crippen molar-refractivity contribution < 1.29 is 14.6 Å². The van der Waals surface area contributed by atoms with Crippen LogP contribution in [-0.4, -0.2) is 24.4 Å². The number of hydrogen-bond donors (Lipinski definition) is 1. The SMILES string of the molecule is Oc1ccc2ccc(OCC3CCCO3)cc2c1. The topological polar surface area (TPSA) is 38.7 Å². The summed E-state index contributed by atoms with van der Waals surface area (Å²) in [4.78, 5) is 0. The second kappa shape index (κ2) is 4.86. The van der Waals surface area contributed by atoms with E-state index in [1.165, 1.54) is 0 Å². The van der Waals surface area contributed by atoms with Crippen molar-refractivity contribution in [3.8, 4) is 11.5 Å². The summed E-state index contributed by atoms with van der Waals surface area (Å²) in [5.74, 6) is 1.10. The summed E-state index contributed by atoms with van der Waals surface area (Å²) in [6, 6.07) is 11.2. The van der Waals surface area contributed by atoms with Gasteiger partial charge in [0.05, 0.1) is 6.10 Å². The lowest BCUT2D eigenvalue weighted by atomic mass is 10.1. The van der Waals surface area contributed by atoms with Crippen molar-refractivity contribution in [2.45, 2.75) is 18.9 Å². The van der Waals surface area contributed by atoms with Crippen LogP contribution in [0.5, 0.6) is 11.5 Å². The second-order valence-corrected chi connectivity index (χ2v) is 4.64. The first kappa shape index (κ1) is 11.4. The normalized spacial score (nSPS) is 19.2. The van der Waals surface area contributed by atoms with Gasteiger partial charge in [0.2, 0.25) is 0 Å². The molecule has 1 aliphatic rings. The Bertz CT molecular complexity index is 544. The van der Waals surface area contributed by atoms with Crippen LogP contribution in [0.25, 0.3) is 10.8 Å². The lowest BCUT2D eigenvalue weighted by Gasteiger charge is -2.12. The molecule has 1 fully saturated rings. The number of hydrogen-bond acceptors (Lipinski definition) is 3. The standard InChI is InChI=1S/C15H16O3/c16-13-5-3-11-4-6-14(9-12(11)8-13)18-10-15-2-1-7-17-15/h3-6,8-9,15-16H,1-2,7,10H2. The summed E-state index contributed by atoms with van der Waals surface area (Å²) in [5.41, 5.74) is 0. The maximum Gasteiger partial charge on any atom is 0.120 e. The highest BCUT2D eigenvalue weighted by Crippen LogP contribution is 2.25. The summed E-state index contributed by atoms with van der Waals surface area (Å²) in [5, 5.41) is 11.5. The van der Waals surface area contributed by atoms with E-state index in [9.17, 15) is 5.11 Å². The van der Waals surface area contributed by atoms with E-state index in [1.54, 1.807) is 12.1 Å². The van der Waals surface area contributed by atoms with Gasteiger partial charge in [-0.2, -0.15) is 0 Å². The lowest BCUT2D eigenvalue weighted by molar-refractivity contribution is 0.0680. The highest BCUT2D eigenvalue weighted by atomic mass is 16.5. The molecule has 1 atom stereocenters. The van der Waals surface area contributed by atoms with Gasteiger partial charge >= 0.3 is 0 Å². The Labute approximate surface area is 106 Å². The first-order chi connectivity index (χ1) is 8.81. The molecule has 1 N–H and O–H groups in total. The van der Waals surface area contributed by atoms with Gasteiger partial charge in [0.15, 0.2) is 0 Å². The first-order valence-electron chi connectivity index (χ1n) is 6.28. The van der Waals surface area contributed by atoms with E-state index in [0.29, 0.717) is 6.61 Å². The molecule has 94 valence electrons. The number of phenolic OH excluding ortho intramolecular Hbond substituents is 1. The van der Waals surface area contributed by atoms with Crippen LogP contribution in [-0.2, 0) is 4.74 Å². The molecule has 0 spiro atoms. The summed E-state index contributed by atoms with van der Waals surface area (Å²) >= 11 is 0. The van der Waals surface area contributed by atoms with Crippen LogP contribution in [0.15, 0.2) is 36.4 Å². The molecular weight excluding hydrogens is 228 g/mol. The summed E-state index contributed by atoms with van der Waals surface area (Å²) in [6.45, 7) is 1.45. The van der Waals surface area contributed by atoms with E-state index in [1.807, 2.05) is 24.3 Å². The van der Waals surface area contributed by atoms with E-state index >= 15 is 0 Å². The van der Waals surface area contributed by atoms with Gasteiger partial charge in [0, 0.05) is 6.61 Å². The Morgan fingerprint density at radius 3 is 2.89 bits per heavy atom.